The van der Waals surface area contributed by atoms with Crippen LogP contribution >= 0.6 is 0 Å². The predicted molar refractivity (Wildman–Crippen MR) is 97.1 cm³/mol. The van der Waals surface area contributed by atoms with Gasteiger partial charge in [-0.05, 0) is 43.2 Å². The van der Waals surface area contributed by atoms with Crippen LogP contribution in [0.15, 0.2) is 48.5 Å². The first kappa shape index (κ1) is 16.8. The number of aryl methyl sites for hydroxylation is 1. The summed E-state index contributed by atoms with van der Waals surface area (Å²) in [6.07, 6.45) is 0.575. The molecular weight excluding hydrogens is 318 g/mol. The van der Waals surface area contributed by atoms with Crippen molar-refractivity contribution in [1.29, 1.82) is 0 Å². The van der Waals surface area contributed by atoms with Gasteiger partial charge in [0.05, 0.1) is 12.8 Å². The van der Waals surface area contributed by atoms with Crippen LogP contribution in [-0.4, -0.2) is 31.6 Å². The van der Waals surface area contributed by atoms with Crippen molar-refractivity contribution in [2.45, 2.75) is 19.4 Å². The van der Waals surface area contributed by atoms with Gasteiger partial charge in [0.2, 0.25) is 5.91 Å². The van der Waals surface area contributed by atoms with Crippen molar-refractivity contribution in [3.8, 4) is 5.75 Å². The summed E-state index contributed by atoms with van der Waals surface area (Å²) in [5.41, 5.74) is 2.42. The fraction of sp³-hybridized carbons (Fsp3) is 0.263. The molecule has 3 amide bonds. The summed E-state index contributed by atoms with van der Waals surface area (Å²) < 4.78 is 5.25. The van der Waals surface area contributed by atoms with Crippen molar-refractivity contribution in [2.75, 3.05) is 23.9 Å². The molecule has 1 heterocycles. The van der Waals surface area contributed by atoms with E-state index in [9.17, 15) is 9.59 Å². The highest BCUT2D eigenvalue weighted by atomic mass is 16.5. The van der Waals surface area contributed by atoms with Gasteiger partial charge < -0.3 is 20.3 Å². The largest absolute Gasteiger partial charge is 0.495 e. The normalized spacial score (nSPS) is 16.6. The molecule has 2 aromatic rings. The zero-order chi connectivity index (χ0) is 17.8. The molecule has 1 saturated heterocycles. The minimum absolute atomic E-state index is 0.0995. The lowest BCUT2D eigenvalue weighted by Crippen LogP contribution is -2.43. The molecule has 0 radical (unpaired) electrons. The first-order chi connectivity index (χ1) is 12.1. The van der Waals surface area contributed by atoms with Crippen molar-refractivity contribution >= 4 is 23.3 Å². The average Bonchev–Trinajstić information content (AvgIpc) is 2.96. The highest BCUT2D eigenvalue weighted by Crippen LogP contribution is 2.25. The molecule has 1 aliphatic rings. The Balaban J connectivity index is 1.64. The maximum Gasteiger partial charge on any atom is 0.319 e. The monoisotopic (exact) mass is 339 g/mol. The molecule has 6 heteroatoms. The molecule has 6 nitrogen and oxygen atoms in total. The van der Waals surface area contributed by atoms with E-state index in [0.29, 0.717) is 24.4 Å². The third kappa shape index (κ3) is 3.74. The number of nitrogens with one attached hydrogen (secondary N) is 2. The number of methoxy groups -OCH3 is 1. The maximum absolute atomic E-state index is 12.5. The summed E-state index contributed by atoms with van der Waals surface area (Å²) in [6, 6.07) is 14.0. The molecule has 0 aliphatic carbocycles. The molecule has 1 fully saturated rings. The third-order valence-corrected chi connectivity index (χ3v) is 4.18. The molecule has 0 bridgehead atoms. The number of urea groups is 1. The number of hydrogen-bond acceptors (Lipinski definition) is 3. The maximum atomic E-state index is 12.5. The number of hydrogen-bond donors (Lipinski definition) is 2. The van der Waals surface area contributed by atoms with Crippen LogP contribution in [0.3, 0.4) is 0 Å². The molecule has 2 aromatic carbocycles. The van der Waals surface area contributed by atoms with Crippen molar-refractivity contribution in [3.63, 3.8) is 0 Å². The molecule has 1 atom stereocenters. The van der Waals surface area contributed by atoms with E-state index in [2.05, 4.69) is 10.6 Å². The molecule has 0 saturated carbocycles. The molecule has 130 valence electrons. The zero-order valence-corrected chi connectivity index (χ0v) is 14.3. The number of amides is 3. The van der Waals surface area contributed by atoms with Crippen LogP contribution in [0.25, 0.3) is 0 Å². The van der Waals surface area contributed by atoms with Crippen molar-refractivity contribution < 1.29 is 14.3 Å². The lowest BCUT2D eigenvalue weighted by Gasteiger charge is -2.17. The van der Waals surface area contributed by atoms with Crippen LogP contribution in [0.4, 0.5) is 16.2 Å². The van der Waals surface area contributed by atoms with E-state index in [1.165, 1.54) is 0 Å². The number of carbonyl (C=O) groups is 2. The Bertz CT molecular complexity index is 777. The van der Waals surface area contributed by atoms with Gasteiger partial charge >= 0.3 is 6.03 Å². The smallest absolute Gasteiger partial charge is 0.319 e. The molecule has 25 heavy (non-hydrogen) atoms. The minimum atomic E-state index is -0.531. The van der Waals surface area contributed by atoms with Gasteiger partial charge in [-0.25, -0.2) is 4.79 Å². The quantitative estimate of drug-likeness (QED) is 0.900. The number of benzene rings is 2. The van der Waals surface area contributed by atoms with E-state index in [1.807, 2.05) is 49.4 Å². The van der Waals surface area contributed by atoms with Gasteiger partial charge in [0.25, 0.3) is 0 Å². The van der Waals surface area contributed by atoms with Gasteiger partial charge in [0.15, 0.2) is 0 Å². The van der Waals surface area contributed by atoms with Crippen LogP contribution in [0, 0.1) is 6.92 Å². The van der Waals surface area contributed by atoms with Gasteiger partial charge in [-0.1, -0.05) is 24.3 Å². The van der Waals surface area contributed by atoms with Crippen molar-refractivity contribution in [1.82, 2.24) is 5.32 Å². The Hall–Kier alpha value is -3.02. The number of rotatable bonds is 4. The Morgan fingerprint density at radius 3 is 2.68 bits per heavy atom. The summed E-state index contributed by atoms with van der Waals surface area (Å²) >= 11 is 0. The first-order valence-electron chi connectivity index (χ1n) is 8.17. The van der Waals surface area contributed by atoms with Gasteiger partial charge in [0.1, 0.15) is 11.8 Å². The van der Waals surface area contributed by atoms with Crippen LogP contribution in [0.1, 0.15) is 12.0 Å². The first-order valence-corrected chi connectivity index (χ1v) is 8.17. The fourth-order valence-electron chi connectivity index (χ4n) is 2.91. The zero-order valence-electron chi connectivity index (χ0n) is 14.3. The van der Waals surface area contributed by atoms with E-state index in [4.69, 9.17) is 4.74 Å². The molecule has 2 N–H and O–H groups in total. The predicted octanol–water partition coefficient (Wildman–Crippen LogP) is 2.93. The fourth-order valence-corrected chi connectivity index (χ4v) is 2.91. The second-order valence-corrected chi connectivity index (χ2v) is 5.97. The summed E-state index contributed by atoms with van der Waals surface area (Å²) in [5, 5.41) is 5.51. The second-order valence-electron chi connectivity index (χ2n) is 5.97. The summed E-state index contributed by atoms with van der Waals surface area (Å²) in [6.45, 7) is 2.52. The van der Waals surface area contributed by atoms with E-state index in [1.54, 1.807) is 18.1 Å². The Morgan fingerprint density at radius 2 is 1.96 bits per heavy atom. The molecular formula is C19H21N3O3. The lowest BCUT2D eigenvalue weighted by molar-refractivity contribution is -0.118. The van der Waals surface area contributed by atoms with Crippen LogP contribution in [0.5, 0.6) is 5.75 Å². The Morgan fingerprint density at radius 1 is 1.20 bits per heavy atom. The van der Waals surface area contributed by atoms with Crippen LogP contribution < -0.4 is 20.3 Å². The average molecular weight is 339 g/mol. The van der Waals surface area contributed by atoms with E-state index in [-0.39, 0.29) is 5.91 Å². The third-order valence-electron chi connectivity index (χ3n) is 4.18. The van der Waals surface area contributed by atoms with Gasteiger partial charge in [0, 0.05) is 12.2 Å². The number of carbonyl (C=O) groups excluding carboxylic acids is 2. The van der Waals surface area contributed by atoms with Crippen molar-refractivity contribution in [2.24, 2.45) is 0 Å². The Labute approximate surface area is 146 Å². The lowest BCUT2D eigenvalue weighted by atomic mass is 10.2. The van der Waals surface area contributed by atoms with Gasteiger partial charge in [-0.15, -0.1) is 0 Å². The molecule has 3 rings (SSSR count). The van der Waals surface area contributed by atoms with Crippen LogP contribution in [0.2, 0.25) is 0 Å². The number of anilines is 2. The molecule has 1 unspecified atom stereocenters. The minimum Gasteiger partial charge on any atom is -0.495 e. The molecule has 0 spiro atoms. The molecule has 1 aliphatic heterocycles. The van der Waals surface area contributed by atoms with Crippen LogP contribution in [-0.2, 0) is 4.79 Å². The topological polar surface area (TPSA) is 70.7 Å². The van der Waals surface area contributed by atoms with E-state index >= 15 is 0 Å². The van der Waals surface area contributed by atoms with Gasteiger partial charge in [-0.3, -0.25) is 4.79 Å². The highest BCUT2D eigenvalue weighted by molar-refractivity contribution is 6.02. The molecule has 0 aromatic heterocycles. The van der Waals surface area contributed by atoms with Gasteiger partial charge in [-0.2, -0.15) is 0 Å². The SMILES string of the molecule is COc1ccc(C)cc1NC(=O)NC1CCN(c2ccccc2)C1=O. The highest BCUT2D eigenvalue weighted by Gasteiger charge is 2.33. The standard InChI is InChI=1S/C19H21N3O3/c1-13-8-9-17(25-2)16(12-13)21-19(24)20-15-10-11-22(18(15)23)14-6-4-3-5-7-14/h3-9,12,15H,10-11H2,1-2H3,(H2,20,21,24). The second kappa shape index (κ2) is 7.25. The summed E-state index contributed by atoms with van der Waals surface area (Å²) in [7, 11) is 1.55. The summed E-state index contributed by atoms with van der Waals surface area (Å²) in [4.78, 5) is 26.5. The number of ether oxygens (including phenoxy) is 1. The number of nitrogens with zero attached hydrogens (tertiary/aromatic N) is 1. The Kier molecular flexibility index (Phi) is 4.88. The van der Waals surface area contributed by atoms with Crippen molar-refractivity contribution in [3.05, 3.63) is 54.1 Å². The van der Waals surface area contributed by atoms with E-state index < -0.39 is 12.1 Å². The van der Waals surface area contributed by atoms with E-state index in [0.717, 1.165) is 11.3 Å². The summed E-state index contributed by atoms with van der Waals surface area (Å²) in [5.74, 6) is 0.474. The number of para-hydroxylation sites is 1.